The minimum atomic E-state index is -1.47. The molecule has 1 fully saturated rings. The third-order valence-corrected chi connectivity index (χ3v) is 3.36. The minimum Gasteiger partial charge on any atom is -0.467 e. The Balaban J connectivity index is 3.27. The second kappa shape index (κ2) is 6.45. The monoisotopic (exact) mass is 341 g/mol. The first-order chi connectivity index (χ1) is 10.8. The van der Waals surface area contributed by atoms with Crippen LogP contribution in [0.4, 0.5) is 9.59 Å². The molecule has 0 aliphatic heterocycles. The Hall–Kier alpha value is -2.05. The second-order valence-electron chi connectivity index (χ2n) is 7.76. The highest BCUT2D eigenvalue weighted by atomic mass is 16.6. The number of carbonyl (C=O) groups excluding carboxylic acids is 3. The van der Waals surface area contributed by atoms with E-state index in [0.29, 0.717) is 0 Å². The van der Waals surface area contributed by atoms with Crippen molar-refractivity contribution >= 4 is 18.2 Å². The average molecular weight is 341 g/mol. The van der Waals surface area contributed by atoms with Gasteiger partial charge in [0.15, 0.2) is 5.54 Å². The van der Waals surface area contributed by atoms with Gasteiger partial charge in [0.2, 0.25) is 0 Å². The lowest BCUT2D eigenvalue weighted by Gasteiger charge is -2.32. The highest BCUT2D eigenvalue weighted by molar-refractivity contribution is 5.99. The van der Waals surface area contributed by atoms with Crippen LogP contribution < -0.4 is 0 Å². The molecular weight excluding hydrogens is 314 g/mol. The molecule has 2 amide bonds. The van der Waals surface area contributed by atoms with E-state index in [-0.39, 0.29) is 6.42 Å². The molecule has 1 saturated carbocycles. The predicted molar refractivity (Wildman–Crippen MR) is 87.4 cm³/mol. The van der Waals surface area contributed by atoms with Crippen LogP contribution in [0.5, 0.6) is 0 Å². The maximum Gasteiger partial charge on any atom is 0.420 e. The van der Waals surface area contributed by atoms with E-state index >= 15 is 0 Å². The number of nitrogens with zero attached hydrogens (tertiary/aromatic N) is 1. The molecule has 7 nitrogen and oxygen atoms in total. The van der Waals surface area contributed by atoms with Crippen LogP contribution in [0.25, 0.3) is 0 Å². The summed E-state index contributed by atoms with van der Waals surface area (Å²) < 4.78 is 15.4. The molecule has 0 heterocycles. The third-order valence-electron chi connectivity index (χ3n) is 3.36. The topological polar surface area (TPSA) is 82.1 Å². The summed E-state index contributed by atoms with van der Waals surface area (Å²) in [7, 11) is 1.20. The zero-order chi connectivity index (χ0) is 18.9. The van der Waals surface area contributed by atoms with Gasteiger partial charge in [0, 0.05) is 5.92 Å². The normalized spacial score (nSPS) is 23.0. The van der Waals surface area contributed by atoms with E-state index < -0.39 is 40.8 Å². The lowest BCUT2D eigenvalue weighted by molar-refractivity contribution is -0.149. The summed E-state index contributed by atoms with van der Waals surface area (Å²) >= 11 is 0. The fourth-order valence-electron chi connectivity index (χ4n) is 2.33. The fourth-order valence-corrected chi connectivity index (χ4v) is 2.33. The molecule has 0 aromatic heterocycles. The van der Waals surface area contributed by atoms with Crippen LogP contribution in [0.1, 0.15) is 48.0 Å². The van der Waals surface area contributed by atoms with Crippen LogP contribution in [0.3, 0.4) is 0 Å². The molecule has 0 N–H and O–H groups in total. The van der Waals surface area contributed by atoms with E-state index in [1.165, 1.54) is 13.2 Å². The van der Waals surface area contributed by atoms with E-state index in [2.05, 4.69) is 6.58 Å². The summed E-state index contributed by atoms with van der Waals surface area (Å²) in [4.78, 5) is 38.3. The Bertz CT molecular complexity index is 514. The van der Waals surface area contributed by atoms with Crippen molar-refractivity contribution in [3.05, 3.63) is 12.7 Å². The molecule has 0 aromatic carbocycles. The minimum absolute atomic E-state index is 0.224. The Morgan fingerprint density at radius 1 is 1.04 bits per heavy atom. The van der Waals surface area contributed by atoms with Gasteiger partial charge in [0.1, 0.15) is 11.2 Å². The Morgan fingerprint density at radius 2 is 1.46 bits per heavy atom. The van der Waals surface area contributed by atoms with Crippen molar-refractivity contribution in [2.75, 3.05) is 7.11 Å². The van der Waals surface area contributed by atoms with Crippen LogP contribution in [0.2, 0.25) is 0 Å². The van der Waals surface area contributed by atoms with Crippen molar-refractivity contribution in [3.63, 3.8) is 0 Å². The van der Waals surface area contributed by atoms with E-state index in [1.807, 2.05) is 0 Å². The molecular formula is C17H27NO6. The van der Waals surface area contributed by atoms with Gasteiger partial charge in [-0.3, -0.25) is 0 Å². The van der Waals surface area contributed by atoms with Gasteiger partial charge < -0.3 is 14.2 Å². The van der Waals surface area contributed by atoms with Crippen molar-refractivity contribution < 1.29 is 28.6 Å². The van der Waals surface area contributed by atoms with E-state index in [4.69, 9.17) is 14.2 Å². The number of esters is 1. The van der Waals surface area contributed by atoms with Crippen LogP contribution >= 0.6 is 0 Å². The predicted octanol–water partition coefficient (Wildman–Crippen LogP) is 3.28. The molecule has 2 atom stereocenters. The van der Waals surface area contributed by atoms with Gasteiger partial charge >= 0.3 is 18.2 Å². The number of imide groups is 1. The largest absolute Gasteiger partial charge is 0.467 e. The van der Waals surface area contributed by atoms with E-state index in [9.17, 15) is 14.4 Å². The van der Waals surface area contributed by atoms with Gasteiger partial charge in [0.05, 0.1) is 7.11 Å². The standard InChI is InChI=1S/C17H27NO6/c1-9-11-10-17(11,12(19)22-8)18(13(20)23-15(2,3)4)14(21)24-16(5,6)7/h9,11H,1,10H2,2-8H3. The lowest BCUT2D eigenvalue weighted by atomic mass is 10.1. The van der Waals surface area contributed by atoms with Crippen molar-refractivity contribution in [2.24, 2.45) is 5.92 Å². The van der Waals surface area contributed by atoms with Crippen molar-refractivity contribution in [3.8, 4) is 0 Å². The Morgan fingerprint density at radius 3 is 1.71 bits per heavy atom. The Kier molecular flexibility index (Phi) is 5.38. The summed E-state index contributed by atoms with van der Waals surface area (Å²) in [6.45, 7) is 13.7. The van der Waals surface area contributed by atoms with Crippen molar-refractivity contribution in [2.45, 2.75) is 64.7 Å². The van der Waals surface area contributed by atoms with Crippen LogP contribution in [-0.2, 0) is 19.0 Å². The maximum absolute atomic E-state index is 12.6. The first kappa shape index (κ1) is 20.0. The maximum atomic E-state index is 12.6. The number of rotatable bonds is 3. The molecule has 1 aliphatic rings. The SMILES string of the molecule is C=CC1CC1(C(=O)OC)N(C(=O)OC(C)(C)C)C(=O)OC(C)(C)C. The van der Waals surface area contributed by atoms with Gasteiger partial charge in [-0.05, 0) is 48.0 Å². The molecule has 2 unspecified atom stereocenters. The van der Waals surface area contributed by atoms with Crippen LogP contribution in [0, 0.1) is 5.92 Å². The summed E-state index contributed by atoms with van der Waals surface area (Å²) in [6, 6.07) is 0. The summed E-state index contributed by atoms with van der Waals surface area (Å²) in [5.74, 6) is -1.12. The molecule has 136 valence electrons. The van der Waals surface area contributed by atoms with Gasteiger partial charge in [-0.1, -0.05) is 6.08 Å². The zero-order valence-corrected chi connectivity index (χ0v) is 15.5. The third kappa shape index (κ3) is 4.27. The first-order valence-electron chi connectivity index (χ1n) is 7.75. The van der Waals surface area contributed by atoms with Gasteiger partial charge in [0.25, 0.3) is 0 Å². The summed E-state index contributed by atoms with van der Waals surface area (Å²) in [5.41, 5.74) is -3.15. The smallest absolute Gasteiger partial charge is 0.420 e. The molecule has 24 heavy (non-hydrogen) atoms. The summed E-state index contributed by atoms with van der Waals surface area (Å²) in [5, 5.41) is 0. The highest BCUT2D eigenvalue weighted by Crippen LogP contribution is 2.51. The van der Waals surface area contributed by atoms with Crippen molar-refractivity contribution in [1.82, 2.24) is 4.90 Å². The van der Waals surface area contributed by atoms with Crippen molar-refractivity contribution in [1.29, 1.82) is 0 Å². The molecule has 0 bridgehead atoms. The number of methoxy groups -OCH3 is 1. The molecule has 0 radical (unpaired) electrons. The molecule has 7 heteroatoms. The molecule has 0 spiro atoms. The van der Waals surface area contributed by atoms with Gasteiger partial charge in [-0.25, -0.2) is 14.4 Å². The number of hydrogen-bond donors (Lipinski definition) is 0. The quantitative estimate of drug-likeness (QED) is 0.445. The Labute approximate surface area is 142 Å². The van der Waals surface area contributed by atoms with Gasteiger partial charge in [-0.2, -0.15) is 4.90 Å². The second-order valence-corrected chi connectivity index (χ2v) is 7.76. The molecule has 0 saturated heterocycles. The molecule has 1 aliphatic carbocycles. The van der Waals surface area contributed by atoms with Gasteiger partial charge in [-0.15, -0.1) is 6.58 Å². The fraction of sp³-hybridized carbons (Fsp3) is 0.706. The zero-order valence-electron chi connectivity index (χ0n) is 15.5. The van der Waals surface area contributed by atoms with Crippen LogP contribution in [-0.4, -0.2) is 46.9 Å². The van der Waals surface area contributed by atoms with Crippen LogP contribution in [0.15, 0.2) is 12.7 Å². The first-order valence-corrected chi connectivity index (χ1v) is 7.75. The number of carbonyl (C=O) groups is 3. The lowest BCUT2D eigenvalue weighted by Crippen LogP contribution is -2.55. The van der Waals surface area contributed by atoms with E-state index in [0.717, 1.165) is 4.90 Å². The average Bonchev–Trinajstić information content (AvgIpc) is 3.08. The molecule has 0 aromatic rings. The summed E-state index contributed by atoms with van der Waals surface area (Å²) in [6.07, 6.45) is -0.168. The highest BCUT2D eigenvalue weighted by Gasteiger charge is 2.68. The number of hydrogen-bond acceptors (Lipinski definition) is 6. The number of ether oxygens (including phenoxy) is 3. The number of amides is 2. The van der Waals surface area contributed by atoms with E-state index in [1.54, 1.807) is 41.5 Å². The molecule has 1 rings (SSSR count).